The van der Waals surface area contributed by atoms with Gasteiger partial charge in [0.25, 0.3) is 5.56 Å². The standard InChI is InChI=1S/C18H30N5O6P/c1-17(2,3)28-30(29-18(4,5)6)26-8-11-10(24)7-12(27-11)23-9-20-13-14(23)21-16(19)22-15(13)25/h9-12,24H,7-8H2,1-6H3,(H3,19,21,22,25)/t10-,11+,12+/m0/s1. The van der Waals surface area contributed by atoms with E-state index in [2.05, 4.69) is 15.0 Å². The van der Waals surface area contributed by atoms with Crippen molar-refractivity contribution in [3.05, 3.63) is 16.7 Å². The van der Waals surface area contributed by atoms with Gasteiger partial charge in [-0.2, -0.15) is 4.98 Å². The van der Waals surface area contributed by atoms with E-state index in [-0.39, 0.29) is 24.5 Å². The number of hydrogen-bond donors (Lipinski definition) is 3. The third-order valence-corrected chi connectivity index (χ3v) is 5.76. The first-order valence-corrected chi connectivity index (χ1v) is 10.8. The van der Waals surface area contributed by atoms with Gasteiger partial charge in [0.05, 0.1) is 30.2 Å². The highest BCUT2D eigenvalue weighted by molar-refractivity contribution is 7.41. The molecule has 11 nitrogen and oxygen atoms in total. The molecule has 0 radical (unpaired) electrons. The Morgan fingerprint density at radius 3 is 2.53 bits per heavy atom. The Balaban J connectivity index is 1.70. The molecule has 0 unspecified atom stereocenters. The second kappa shape index (κ2) is 8.49. The van der Waals surface area contributed by atoms with Gasteiger partial charge in [-0.3, -0.25) is 14.3 Å². The molecule has 3 atom stereocenters. The molecule has 1 fully saturated rings. The van der Waals surface area contributed by atoms with E-state index < -0.39 is 43.8 Å². The lowest BCUT2D eigenvalue weighted by Crippen LogP contribution is -2.28. The zero-order valence-corrected chi connectivity index (χ0v) is 19.0. The maximum atomic E-state index is 12.0. The Morgan fingerprint density at radius 1 is 1.30 bits per heavy atom. The first-order valence-electron chi connectivity index (χ1n) is 9.69. The molecule has 2 aromatic rings. The molecule has 3 rings (SSSR count). The summed E-state index contributed by atoms with van der Waals surface area (Å²) in [6.45, 7) is 11.6. The van der Waals surface area contributed by atoms with E-state index in [0.29, 0.717) is 5.65 Å². The number of nitrogens with one attached hydrogen (secondary N) is 1. The summed E-state index contributed by atoms with van der Waals surface area (Å²) in [5.41, 5.74) is 4.75. The predicted octanol–water partition coefficient (Wildman–Crippen LogP) is 2.22. The van der Waals surface area contributed by atoms with E-state index >= 15 is 0 Å². The summed E-state index contributed by atoms with van der Waals surface area (Å²) in [6.07, 6.45) is -0.223. The van der Waals surface area contributed by atoms with E-state index in [0.717, 1.165) is 0 Å². The average molecular weight is 443 g/mol. The molecule has 1 saturated heterocycles. The van der Waals surface area contributed by atoms with Gasteiger partial charge in [0.15, 0.2) is 11.2 Å². The second-order valence-corrected chi connectivity index (χ2v) is 10.2. The summed E-state index contributed by atoms with van der Waals surface area (Å²) < 4.78 is 25.2. The number of nitrogens with zero attached hydrogens (tertiary/aromatic N) is 3. The fraction of sp³-hybridized carbons (Fsp3) is 0.722. The van der Waals surface area contributed by atoms with Crippen molar-refractivity contribution in [2.45, 2.75) is 77.6 Å². The van der Waals surface area contributed by atoms with Gasteiger partial charge < -0.3 is 29.1 Å². The highest BCUT2D eigenvalue weighted by atomic mass is 31.2. The van der Waals surface area contributed by atoms with Gasteiger partial charge in [-0.15, -0.1) is 0 Å². The summed E-state index contributed by atoms with van der Waals surface area (Å²) in [5, 5.41) is 10.5. The highest BCUT2D eigenvalue weighted by Crippen LogP contribution is 2.48. The summed E-state index contributed by atoms with van der Waals surface area (Å²) in [4.78, 5) is 22.6. The molecule has 12 heteroatoms. The van der Waals surface area contributed by atoms with Crippen LogP contribution in [0.25, 0.3) is 11.2 Å². The monoisotopic (exact) mass is 443 g/mol. The van der Waals surface area contributed by atoms with Crippen LogP contribution in [-0.2, 0) is 18.3 Å². The Bertz CT molecular complexity index is 918. The predicted molar refractivity (Wildman–Crippen MR) is 112 cm³/mol. The molecule has 1 aliphatic heterocycles. The highest BCUT2D eigenvalue weighted by Gasteiger charge is 2.38. The largest absolute Gasteiger partial charge is 0.390 e. The summed E-state index contributed by atoms with van der Waals surface area (Å²) in [7, 11) is -1.65. The van der Waals surface area contributed by atoms with Crippen molar-refractivity contribution in [3.8, 4) is 0 Å². The van der Waals surface area contributed by atoms with Crippen LogP contribution in [0.3, 0.4) is 0 Å². The number of anilines is 1. The molecule has 168 valence electrons. The van der Waals surface area contributed by atoms with Crippen LogP contribution in [0, 0.1) is 0 Å². The number of rotatable bonds is 6. The van der Waals surface area contributed by atoms with E-state index in [1.807, 2.05) is 41.5 Å². The van der Waals surface area contributed by atoms with E-state index in [1.165, 1.54) is 6.33 Å². The molecule has 0 aliphatic carbocycles. The molecule has 30 heavy (non-hydrogen) atoms. The van der Waals surface area contributed by atoms with Crippen molar-refractivity contribution in [2.75, 3.05) is 12.3 Å². The molecule has 3 heterocycles. The van der Waals surface area contributed by atoms with Crippen molar-refractivity contribution >= 4 is 25.7 Å². The number of H-pyrrole nitrogens is 1. The number of aromatic nitrogens is 4. The molecule has 0 spiro atoms. The lowest BCUT2D eigenvalue weighted by molar-refractivity contribution is -0.0489. The van der Waals surface area contributed by atoms with E-state index in [9.17, 15) is 9.90 Å². The number of aromatic amines is 1. The van der Waals surface area contributed by atoms with Crippen LogP contribution in [0.15, 0.2) is 11.1 Å². The second-order valence-electron chi connectivity index (χ2n) is 9.13. The number of hydrogen-bond acceptors (Lipinski definition) is 9. The van der Waals surface area contributed by atoms with Gasteiger partial charge in [0, 0.05) is 6.42 Å². The lowest BCUT2D eigenvalue weighted by atomic mass is 10.2. The smallest absolute Gasteiger partial charge is 0.333 e. The van der Waals surface area contributed by atoms with E-state index in [4.69, 9.17) is 24.0 Å². The number of nitrogens with two attached hydrogens (primary N) is 1. The topological polar surface area (TPSA) is 147 Å². The zero-order valence-electron chi connectivity index (χ0n) is 18.1. The first kappa shape index (κ1) is 23.1. The fourth-order valence-corrected chi connectivity index (χ4v) is 4.15. The van der Waals surface area contributed by atoms with Gasteiger partial charge in [-0.25, -0.2) is 4.98 Å². The Morgan fingerprint density at radius 2 is 1.93 bits per heavy atom. The van der Waals surface area contributed by atoms with Crippen LogP contribution in [0.2, 0.25) is 0 Å². The zero-order chi connectivity index (χ0) is 22.3. The normalized spacial score (nSPS) is 23.0. The molecule has 0 amide bonds. The Hall–Kier alpha value is -1.62. The van der Waals surface area contributed by atoms with Crippen molar-refractivity contribution in [2.24, 2.45) is 0 Å². The number of imidazole rings is 1. The molecule has 0 bridgehead atoms. The number of aliphatic hydroxyl groups is 1. The number of fused-ring (bicyclic) bond motifs is 1. The maximum absolute atomic E-state index is 12.0. The molecule has 4 N–H and O–H groups in total. The van der Waals surface area contributed by atoms with Crippen LogP contribution in [0.4, 0.5) is 5.95 Å². The average Bonchev–Trinajstić information content (AvgIpc) is 3.13. The van der Waals surface area contributed by atoms with Crippen molar-refractivity contribution < 1.29 is 23.4 Å². The van der Waals surface area contributed by atoms with Crippen LogP contribution in [0.5, 0.6) is 0 Å². The molecule has 1 aliphatic rings. The maximum Gasteiger partial charge on any atom is 0.333 e. The van der Waals surface area contributed by atoms with E-state index in [1.54, 1.807) is 4.57 Å². The van der Waals surface area contributed by atoms with Crippen LogP contribution in [-0.4, -0.2) is 54.6 Å². The third kappa shape index (κ3) is 5.75. The van der Waals surface area contributed by atoms with Crippen LogP contribution in [0.1, 0.15) is 54.2 Å². The Labute approximate surface area is 175 Å². The van der Waals surface area contributed by atoms with Crippen LogP contribution < -0.4 is 11.3 Å². The van der Waals surface area contributed by atoms with Crippen LogP contribution >= 0.6 is 8.60 Å². The van der Waals surface area contributed by atoms with Gasteiger partial charge in [0.1, 0.15) is 12.3 Å². The minimum Gasteiger partial charge on any atom is -0.390 e. The summed E-state index contributed by atoms with van der Waals surface area (Å²) in [5.74, 6) is -0.0167. The minimum atomic E-state index is -1.65. The SMILES string of the molecule is CC(C)(C)OP(OC[C@H]1O[C@@H](n2cnc3c(=O)[nH]c(N)nc32)C[C@@H]1O)OC(C)(C)C. The lowest BCUT2D eigenvalue weighted by Gasteiger charge is -2.31. The Kier molecular flexibility index (Phi) is 6.52. The fourth-order valence-electron chi connectivity index (χ4n) is 2.84. The van der Waals surface area contributed by atoms with Gasteiger partial charge in [-0.1, -0.05) is 0 Å². The first-order chi connectivity index (χ1) is 13.8. The molecule has 0 aromatic carbocycles. The number of nitrogen functional groups attached to an aromatic ring is 1. The van der Waals surface area contributed by atoms with Gasteiger partial charge >= 0.3 is 8.60 Å². The van der Waals surface area contributed by atoms with Crippen molar-refractivity contribution in [1.82, 2.24) is 19.5 Å². The minimum absolute atomic E-state index is 0.0167. The van der Waals surface area contributed by atoms with Gasteiger partial charge in [-0.05, 0) is 41.5 Å². The summed E-state index contributed by atoms with van der Waals surface area (Å²) >= 11 is 0. The van der Waals surface area contributed by atoms with Crippen molar-refractivity contribution in [1.29, 1.82) is 0 Å². The number of ether oxygens (including phenoxy) is 1. The molecule has 2 aromatic heterocycles. The molecular weight excluding hydrogens is 413 g/mol. The number of aliphatic hydroxyl groups excluding tert-OH is 1. The van der Waals surface area contributed by atoms with Crippen molar-refractivity contribution in [3.63, 3.8) is 0 Å². The van der Waals surface area contributed by atoms with Gasteiger partial charge in [0.2, 0.25) is 5.95 Å². The quantitative estimate of drug-likeness (QED) is 0.572. The molecule has 0 saturated carbocycles. The summed E-state index contributed by atoms with van der Waals surface area (Å²) in [6, 6.07) is 0. The third-order valence-electron chi connectivity index (χ3n) is 4.01. The molecular formula is C18H30N5O6P.